The van der Waals surface area contributed by atoms with Gasteiger partial charge in [-0.1, -0.05) is 11.8 Å². The normalized spacial score (nSPS) is 16.5. The number of nitrogens with one attached hydrogen (secondary N) is 1. The van der Waals surface area contributed by atoms with Gasteiger partial charge in [0.05, 0.1) is 25.0 Å². The fourth-order valence-electron chi connectivity index (χ4n) is 2.43. The highest BCUT2D eigenvalue weighted by Crippen LogP contribution is 2.18. The quantitative estimate of drug-likeness (QED) is 0.505. The molecule has 6 nitrogen and oxygen atoms in total. The summed E-state index contributed by atoms with van der Waals surface area (Å²) in [6, 6.07) is 4.84. The van der Waals surface area contributed by atoms with Gasteiger partial charge in [-0.2, -0.15) is 0 Å². The maximum atomic E-state index is 11.7. The molecule has 1 heterocycles. The molecule has 1 aromatic carbocycles. The molecule has 0 aliphatic carbocycles. The molecule has 1 fully saturated rings. The highest BCUT2D eigenvalue weighted by atomic mass is 16.7. The van der Waals surface area contributed by atoms with E-state index in [1.807, 2.05) is 0 Å². The monoisotopic (exact) mass is 345 g/mol. The first-order valence-electron chi connectivity index (χ1n) is 8.32. The zero-order valence-electron chi connectivity index (χ0n) is 14.6. The summed E-state index contributed by atoms with van der Waals surface area (Å²) >= 11 is 0. The molecule has 1 saturated heterocycles. The van der Waals surface area contributed by atoms with Crippen molar-refractivity contribution in [3.8, 4) is 11.8 Å². The predicted octanol–water partition coefficient (Wildman–Crippen LogP) is 2.72. The fourth-order valence-corrected chi connectivity index (χ4v) is 2.43. The van der Waals surface area contributed by atoms with Gasteiger partial charge in [0, 0.05) is 25.5 Å². The average molecular weight is 345 g/mol. The van der Waals surface area contributed by atoms with Crippen molar-refractivity contribution in [3.05, 3.63) is 29.3 Å². The number of esters is 1. The van der Waals surface area contributed by atoms with E-state index in [4.69, 9.17) is 14.2 Å². The summed E-state index contributed by atoms with van der Waals surface area (Å²) in [5.74, 6) is 5.34. The van der Waals surface area contributed by atoms with Gasteiger partial charge in [-0.15, -0.1) is 0 Å². The number of hydrogen-bond acceptors (Lipinski definition) is 5. The van der Waals surface area contributed by atoms with Crippen LogP contribution in [0.3, 0.4) is 0 Å². The number of methoxy groups -OCH3 is 1. The number of ether oxygens (including phenoxy) is 3. The molecule has 134 valence electrons. The number of carbonyl (C=O) groups excluding carboxylic acids is 2. The third kappa shape index (κ3) is 6.22. The summed E-state index contributed by atoms with van der Waals surface area (Å²) < 4.78 is 15.8. The minimum atomic E-state index is -0.449. The Morgan fingerprint density at radius 3 is 2.88 bits per heavy atom. The summed E-state index contributed by atoms with van der Waals surface area (Å²) in [6.45, 7) is 2.64. The number of rotatable bonds is 5. The number of carbonyl (C=O) groups is 2. The van der Waals surface area contributed by atoms with Crippen LogP contribution in [0.2, 0.25) is 0 Å². The fraction of sp³-hybridized carbons (Fsp3) is 0.474. The lowest BCUT2D eigenvalue weighted by Gasteiger charge is -2.22. The van der Waals surface area contributed by atoms with Gasteiger partial charge in [-0.05, 0) is 37.5 Å². The van der Waals surface area contributed by atoms with Gasteiger partial charge in [0.15, 0.2) is 6.29 Å². The summed E-state index contributed by atoms with van der Waals surface area (Å²) in [5.41, 5.74) is 1.50. The van der Waals surface area contributed by atoms with Gasteiger partial charge in [-0.3, -0.25) is 4.79 Å². The molecule has 25 heavy (non-hydrogen) atoms. The molecular formula is C19H23NO5. The topological polar surface area (TPSA) is 73.9 Å². The van der Waals surface area contributed by atoms with Gasteiger partial charge in [0.25, 0.3) is 0 Å². The Balaban J connectivity index is 2.00. The van der Waals surface area contributed by atoms with Gasteiger partial charge >= 0.3 is 5.97 Å². The zero-order chi connectivity index (χ0) is 18.1. The molecule has 1 atom stereocenters. The maximum absolute atomic E-state index is 11.7. The van der Waals surface area contributed by atoms with Crippen molar-refractivity contribution in [1.29, 1.82) is 0 Å². The summed E-state index contributed by atoms with van der Waals surface area (Å²) in [6.07, 6.45) is 3.52. The van der Waals surface area contributed by atoms with Crippen LogP contribution in [-0.2, 0) is 19.0 Å². The second kappa shape index (κ2) is 9.82. The Morgan fingerprint density at radius 1 is 1.36 bits per heavy atom. The van der Waals surface area contributed by atoms with E-state index in [9.17, 15) is 9.59 Å². The summed E-state index contributed by atoms with van der Waals surface area (Å²) in [4.78, 5) is 23.0. The largest absolute Gasteiger partial charge is 0.465 e. The van der Waals surface area contributed by atoms with Crippen molar-refractivity contribution in [3.63, 3.8) is 0 Å². The van der Waals surface area contributed by atoms with E-state index >= 15 is 0 Å². The van der Waals surface area contributed by atoms with E-state index in [-0.39, 0.29) is 12.2 Å². The van der Waals surface area contributed by atoms with Gasteiger partial charge < -0.3 is 19.5 Å². The standard InChI is InChI=1S/C19H23NO5/c1-14(21)20-17-10-9-16(19(22)23-2)13-15(17)7-3-5-11-24-18-8-4-6-12-25-18/h9-10,13,18H,4-6,8,11-12H2,1-2H3,(H,20,21). The Morgan fingerprint density at radius 2 is 2.20 bits per heavy atom. The van der Waals surface area contributed by atoms with Crippen molar-refractivity contribution in [2.45, 2.75) is 38.9 Å². The average Bonchev–Trinajstić information content (AvgIpc) is 2.62. The van der Waals surface area contributed by atoms with E-state index < -0.39 is 5.97 Å². The highest BCUT2D eigenvalue weighted by molar-refractivity contribution is 5.94. The Bertz CT molecular complexity index is 668. The molecule has 0 bridgehead atoms. The predicted molar refractivity (Wildman–Crippen MR) is 93.1 cm³/mol. The molecule has 1 unspecified atom stereocenters. The van der Waals surface area contributed by atoms with Crippen LogP contribution >= 0.6 is 0 Å². The first-order valence-corrected chi connectivity index (χ1v) is 8.32. The van der Waals surface area contributed by atoms with E-state index in [2.05, 4.69) is 17.2 Å². The van der Waals surface area contributed by atoms with E-state index in [1.165, 1.54) is 14.0 Å². The number of amides is 1. The molecule has 0 aromatic heterocycles. The third-order valence-electron chi connectivity index (χ3n) is 3.64. The molecule has 6 heteroatoms. The van der Waals surface area contributed by atoms with E-state index in [1.54, 1.807) is 18.2 Å². The molecule has 1 N–H and O–H groups in total. The summed E-state index contributed by atoms with van der Waals surface area (Å²) in [5, 5.41) is 2.71. The van der Waals surface area contributed by atoms with Crippen molar-refractivity contribution >= 4 is 17.6 Å². The first-order chi connectivity index (χ1) is 12.1. The second-order valence-electron chi connectivity index (χ2n) is 5.65. The van der Waals surface area contributed by atoms with Gasteiger partial charge in [-0.25, -0.2) is 4.79 Å². The first kappa shape index (κ1) is 19.0. The molecular weight excluding hydrogens is 322 g/mol. The lowest BCUT2D eigenvalue weighted by molar-refractivity contribution is -0.161. The Kier molecular flexibility index (Phi) is 7.45. The molecule has 1 amide bonds. The Labute approximate surface area is 147 Å². The molecule has 1 aromatic rings. The number of hydrogen-bond donors (Lipinski definition) is 1. The molecule has 0 radical (unpaired) electrons. The van der Waals surface area contributed by atoms with Gasteiger partial charge in [0.2, 0.25) is 5.91 Å². The van der Waals surface area contributed by atoms with E-state index in [0.29, 0.717) is 29.8 Å². The van der Waals surface area contributed by atoms with Crippen LogP contribution in [0.25, 0.3) is 0 Å². The zero-order valence-corrected chi connectivity index (χ0v) is 14.6. The second-order valence-corrected chi connectivity index (χ2v) is 5.65. The Hall–Kier alpha value is -2.36. The van der Waals surface area contributed by atoms with Crippen molar-refractivity contribution in [1.82, 2.24) is 0 Å². The maximum Gasteiger partial charge on any atom is 0.337 e. The van der Waals surface area contributed by atoms with Crippen LogP contribution in [0, 0.1) is 11.8 Å². The highest BCUT2D eigenvalue weighted by Gasteiger charge is 2.13. The van der Waals surface area contributed by atoms with E-state index in [0.717, 1.165) is 25.9 Å². The van der Waals surface area contributed by atoms with Crippen LogP contribution in [0.4, 0.5) is 5.69 Å². The van der Waals surface area contributed by atoms with Crippen LogP contribution in [-0.4, -0.2) is 38.5 Å². The number of benzene rings is 1. The molecule has 1 aliphatic heterocycles. The van der Waals surface area contributed by atoms with Gasteiger partial charge in [0.1, 0.15) is 0 Å². The van der Waals surface area contributed by atoms with Crippen molar-refractivity contribution in [2.75, 3.05) is 25.6 Å². The minimum Gasteiger partial charge on any atom is -0.465 e. The minimum absolute atomic E-state index is 0.131. The van der Waals surface area contributed by atoms with Crippen molar-refractivity contribution in [2.24, 2.45) is 0 Å². The van der Waals surface area contributed by atoms with Crippen molar-refractivity contribution < 1.29 is 23.8 Å². The lowest BCUT2D eigenvalue weighted by Crippen LogP contribution is -2.22. The van der Waals surface area contributed by atoms with Crippen LogP contribution < -0.4 is 5.32 Å². The molecule has 0 saturated carbocycles. The van der Waals surface area contributed by atoms with Crippen LogP contribution in [0.15, 0.2) is 18.2 Å². The molecule has 0 spiro atoms. The summed E-state index contributed by atoms with van der Waals surface area (Å²) in [7, 11) is 1.32. The molecule has 1 aliphatic rings. The third-order valence-corrected chi connectivity index (χ3v) is 3.64. The van der Waals surface area contributed by atoms with Crippen LogP contribution in [0.1, 0.15) is 48.5 Å². The smallest absolute Gasteiger partial charge is 0.337 e. The lowest BCUT2D eigenvalue weighted by atomic mass is 10.1. The number of anilines is 1. The molecule has 2 rings (SSSR count). The SMILES string of the molecule is COC(=O)c1ccc(NC(C)=O)c(C#CCCOC2CCCCO2)c1. The van der Waals surface area contributed by atoms with Crippen LogP contribution in [0.5, 0.6) is 0 Å².